The molecule has 21 heavy (non-hydrogen) atoms. The summed E-state index contributed by atoms with van der Waals surface area (Å²) in [6.07, 6.45) is -3.42. The highest BCUT2D eigenvalue weighted by atomic mass is 19.3. The van der Waals surface area contributed by atoms with Crippen molar-refractivity contribution in [1.82, 2.24) is 4.98 Å². The van der Waals surface area contributed by atoms with Gasteiger partial charge in [0.15, 0.2) is 0 Å². The molecule has 1 unspecified atom stereocenters. The lowest BCUT2D eigenvalue weighted by Gasteiger charge is -2.11. The molecule has 0 bridgehead atoms. The fraction of sp³-hybridized carbons (Fsp3) is 0.267. The van der Waals surface area contributed by atoms with Gasteiger partial charge in [0.25, 0.3) is 6.43 Å². The highest BCUT2D eigenvalue weighted by Crippen LogP contribution is 2.23. The normalized spacial score (nSPS) is 12.4. The zero-order valence-corrected chi connectivity index (χ0v) is 11.2. The van der Waals surface area contributed by atoms with Gasteiger partial charge in [0.2, 0.25) is 0 Å². The Labute approximate surface area is 121 Å². The van der Waals surface area contributed by atoms with Gasteiger partial charge in [-0.1, -0.05) is 18.2 Å². The minimum absolute atomic E-state index is 0.231. The molecule has 0 spiro atoms. The minimum atomic E-state index is -2.59. The Morgan fingerprint density at radius 3 is 2.43 bits per heavy atom. The summed E-state index contributed by atoms with van der Waals surface area (Å²) in [5.74, 6) is 0. The van der Waals surface area contributed by atoms with Crippen molar-refractivity contribution in [1.29, 1.82) is 0 Å². The van der Waals surface area contributed by atoms with Crippen LogP contribution in [0.15, 0.2) is 42.5 Å². The first-order valence-electron chi connectivity index (χ1n) is 6.48. The van der Waals surface area contributed by atoms with E-state index in [1.165, 1.54) is 6.07 Å². The summed E-state index contributed by atoms with van der Waals surface area (Å²) in [6, 6.07) is 11.5. The average Bonchev–Trinajstić information content (AvgIpc) is 2.53. The van der Waals surface area contributed by atoms with E-state index in [-0.39, 0.29) is 18.8 Å². The molecule has 3 N–H and O–H groups in total. The Kier molecular flexibility index (Phi) is 5.19. The number of nitrogens with one attached hydrogen (secondary N) is 1. The van der Waals surface area contributed by atoms with Gasteiger partial charge >= 0.3 is 0 Å². The Bertz CT molecular complexity index is 576. The zero-order chi connectivity index (χ0) is 15.2. The third-order valence-electron chi connectivity index (χ3n) is 2.93. The molecule has 4 nitrogen and oxygen atoms in total. The zero-order valence-electron chi connectivity index (χ0n) is 11.2. The number of halogens is 2. The maximum Gasteiger partial charge on any atom is 0.280 e. The largest absolute Gasteiger partial charge is 0.394 e. The van der Waals surface area contributed by atoms with Crippen LogP contribution in [0.2, 0.25) is 0 Å². The molecule has 2 rings (SSSR count). The van der Waals surface area contributed by atoms with Gasteiger partial charge in [0.1, 0.15) is 5.69 Å². The molecule has 0 amide bonds. The molecule has 0 aliphatic heterocycles. The van der Waals surface area contributed by atoms with E-state index >= 15 is 0 Å². The average molecular weight is 294 g/mol. The number of hydrogen-bond donors (Lipinski definition) is 3. The number of alkyl halides is 2. The molecular formula is C15H16F2N2O2. The molecule has 0 saturated carbocycles. The first-order chi connectivity index (χ1) is 10.1. The smallest absolute Gasteiger partial charge is 0.280 e. The fourth-order valence-corrected chi connectivity index (χ4v) is 1.79. The number of benzene rings is 1. The number of anilines is 1. The molecular weight excluding hydrogens is 278 g/mol. The maximum atomic E-state index is 12.6. The second-order valence-electron chi connectivity index (χ2n) is 4.54. The van der Waals surface area contributed by atoms with Crippen molar-refractivity contribution in [2.75, 3.05) is 18.5 Å². The van der Waals surface area contributed by atoms with Gasteiger partial charge in [0.05, 0.1) is 18.4 Å². The van der Waals surface area contributed by atoms with Crippen LogP contribution in [0.5, 0.6) is 0 Å². The number of aliphatic hydroxyl groups excluding tert-OH is 2. The van der Waals surface area contributed by atoms with Crippen molar-refractivity contribution in [2.24, 2.45) is 0 Å². The highest BCUT2D eigenvalue weighted by Gasteiger charge is 2.09. The lowest BCUT2D eigenvalue weighted by Crippen LogP contribution is -2.22. The van der Waals surface area contributed by atoms with E-state index in [9.17, 15) is 13.9 Å². The summed E-state index contributed by atoms with van der Waals surface area (Å²) in [6.45, 7) is -0.0790. The predicted octanol–water partition coefficient (Wildman–Crippen LogP) is 2.45. The molecule has 0 saturated heterocycles. The standard InChI is InChI=1S/C15H16F2N2O2/c16-15(17)14-3-1-2-13(19-14)10-4-6-11(7-5-10)18-8-12(21)9-20/h1-7,12,15,18,20-21H,8-9H2. The Morgan fingerprint density at radius 2 is 1.81 bits per heavy atom. The quantitative estimate of drug-likeness (QED) is 0.765. The Morgan fingerprint density at radius 1 is 1.10 bits per heavy atom. The van der Waals surface area contributed by atoms with Crippen LogP contribution in [0.3, 0.4) is 0 Å². The summed E-state index contributed by atoms with van der Waals surface area (Å²) >= 11 is 0. The van der Waals surface area contributed by atoms with Gasteiger partial charge in [-0.3, -0.25) is 0 Å². The summed E-state index contributed by atoms with van der Waals surface area (Å²) in [5.41, 5.74) is 1.72. The van der Waals surface area contributed by atoms with Crippen molar-refractivity contribution in [3.8, 4) is 11.3 Å². The van der Waals surface area contributed by atoms with E-state index in [2.05, 4.69) is 10.3 Å². The van der Waals surface area contributed by atoms with Crippen molar-refractivity contribution in [2.45, 2.75) is 12.5 Å². The van der Waals surface area contributed by atoms with E-state index in [4.69, 9.17) is 5.11 Å². The van der Waals surface area contributed by atoms with Crippen LogP contribution in [0.25, 0.3) is 11.3 Å². The molecule has 6 heteroatoms. The summed E-state index contributed by atoms with van der Waals surface area (Å²) in [7, 11) is 0. The Balaban J connectivity index is 2.10. The van der Waals surface area contributed by atoms with Crippen LogP contribution in [0.4, 0.5) is 14.5 Å². The molecule has 0 radical (unpaired) electrons. The third kappa shape index (κ3) is 4.21. The van der Waals surface area contributed by atoms with Gasteiger partial charge < -0.3 is 15.5 Å². The van der Waals surface area contributed by atoms with Gasteiger partial charge in [-0.15, -0.1) is 0 Å². The van der Waals surface area contributed by atoms with Crippen LogP contribution < -0.4 is 5.32 Å². The summed E-state index contributed by atoms with van der Waals surface area (Å²) in [4.78, 5) is 3.92. The summed E-state index contributed by atoms with van der Waals surface area (Å²) in [5, 5.41) is 20.9. The molecule has 1 atom stereocenters. The maximum absolute atomic E-state index is 12.6. The van der Waals surface area contributed by atoms with E-state index in [1.54, 1.807) is 36.4 Å². The van der Waals surface area contributed by atoms with Crippen LogP contribution in [0, 0.1) is 0 Å². The first-order valence-corrected chi connectivity index (χ1v) is 6.48. The van der Waals surface area contributed by atoms with Crippen molar-refractivity contribution in [3.05, 3.63) is 48.2 Å². The monoisotopic (exact) mass is 294 g/mol. The number of nitrogens with zero attached hydrogens (tertiary/aromatic N) is 1. The second-order valence-corrected chi connectivity index (χ2v) is 4.54. The molecule has 2 aromatic rings. The molecule has 0 fully saturated rings. The van der Waals surface area contributed by atoms with E-state index in [1.807, 2.05) is 0 Å². The number of hydrogen-bond acceptors (Lipinski definition) is 4. The van der Waals surface area contributed by atoms with E-state index < -0.39 is 12.5 Å². The second kappa shape index (κ2) is 7.10. The van der Waals surface area contributed by atoms with Crippen molar-refractivity contribution < 1.29 is 19.0 Å². The topological polar surface area (TPSA) is 65.4 Å². The van der Waals surface area contributed by atoms with E-state index in [0.717, 1.165) is 11.3 Å². The van der Waals surface area contributed by atoms with Crippen LogP contribution in [0.1, 0.15) is 12.1 Å². The first kappa shape index (κ1) is 15.3. The van der Waals surface area contributed by atoms with Gasteiger partial charge in [0, 0.05) is 17.8 Å². The van der Waals surface area contributed by atoms with Crippen LogP contribution >= 0.6 is 0 Å². The molecule has 0 aliphatic carbocycles. The molecule has 0 aliphatic rings. The highest BCUT2D eigenvalue weighted by molar-refractivity contribution is 5.62. The van der Waals surface area contributed by atoms with Crippen LogP contribution in [-0.4, -0.2) is 34.5 Å². The molecule has 1 aromatic carbocycles. The van der Waals surface area contributed by atoms with Gasteiger partial charge in [-0.25, -0.2) is 13.8 Å². The summed E-state index contributed by atoms with van der Waals surface area (Å²) < 4.78 is 25.2. The SMILES string of the molecule is OCC(O)CNc1ccc(-c2cccc(C(F)F)n2)cc1. The van der Waals surface area contributed by atoms with Crippen molar-refractivity contribution in [3.63, 3.8) is 0 Å². The lowest BCUT2D eigenvalue weighted by atomic mass is 10.1. The van der Waals surface area contributed by atoms with E-state index in [0.29, 0.717) is 5.69 Å². The lowest BCUT2D eigenvalue weighted by molar-refractivity contribution is 0.105. The molecule has 112 valence electrons. The minimum Gasteiger partial charge on any atom is -0.394 e. The fourth-order valence-electron chi connectivity index (χ4n) is 1.79. The number of pyridine rings is 1. The molecule has 1 aromatic heterocycles. The van der Waals surface area contributed by atoms with Crippen molar-refractivity contribution >= 4 is 5.69 Å². The number of aliphatic hydroxyl groups is 2. The van der Waals surface area contributed by atoms with Crippen LogP contribution in [-0.2, 0) is 0 Å². The van der Waals surface area contributed by atoms with Gasteiger partial charge in [-0.2, -0.15) is 0 Å². The van der Waals surface area contributed by atoms with Gasteiger partial charge in [-0.05, 0) is 24.3 Å². The number of aromatic nitrogens is 1. The predicted molar refractivity (Wildman–Crippen MR) is 76.2 cm³/mol. The Hall–Kier alpha value is -2.05. The third-order valence-corrected chi connectivity index (χ3v) is 2.93. The molecule has 1 heterocycles. The number of rotatable bonds is 6.